The minimum absolute atomic E-state index is 0.0490. The molecule has 1 aliphatic carbocycles. The first-order chi connectivity index (χ1) is 11.8. The molecule has 1 unspecified atom stereocenters. The van der Waals surface area contributed by atoms with Crippen molar-refractivity contribution in [3.05, 3.63) is 23.5 Å². The number of carbonyl (C=O) groups is 2. The zero-order chi connectivity index (χ0) is 18.3. The van der Waals surface area contributed by atoms with Crippen LogP contribution in [0, 0.1) is 29.3 Å². The third kappa shape index (κ3) is 3.60. The number of halogens is 3. The van der Waals surface area contributed by atoms with E-state index in [2.05, 4.69) is 4.98 Å². The molecule has 1 N–H and O–H groups in total. The van der Waals surface area contributed by atoms with Gasteiger partial charge >= 0.3 is 5.97 Å². The lowest BCUT2D eigenvalue weighted by Crippen LogP contribution is -2.34. The van der Waals surface area contributed by atoms with E-state index < -0.39 is 40.8 Å². The molecule has 0 radical (unpaired) electrons. The molecular weight excluding hydrogens is 357 g/mol. The van der Waals surface area contributed by atoms with E-state index in [0.717, 1.165) is 24.2 Å². The van der Waals surface area contributed by atoms with Crippen LogP contribution in [-0.4, -0.2) is 28.5 Å². The number of carboxylic acids is 1. The summed E-state index contributed by atoms with van der Waals surface area (Å²) in [5.41, 5.74) is -0.461. The Hall–Kier alpha value is -2.16. The maximum Gasteiger partial charge on any atom is 0.306 e. The Bertz CT molecular complexity index is 851. The summed E-state index contributed by atoms with van der Waals surface area (Å²) in [6.07, 6.45) is 1.58. The maximum absolute atomic E-state index is 13.9. The summed E-state index contributed by atoms with van der Waals surface area (Å²) >= 11 is 0.753. The second kappa shape index (κ2) is 6.62. The minimum Gasteiger partial charge on any atom is -0.481 e. The normalized spacial score (nSPS) is 15.4. The smallest absolute Gasteiger partial charge is 0.306 e. The Kier molecular flexibility index (Phi) is 4.68. The molecule has 1 heterocycles. The fourth-order valence-corrected chi connectivity index (χ4v) is 3.39. The number of amides is 1. The zero-order valence-corrected chi connectivity index (χ0v) is 14.1. The summed E-state index contributed by atoms with van der Waals surface area (Å²) in [7, 11) is 0. The van der Waals surface area contributed by atoms with Crippen LogP contribution >= 0.6 is 11.3 Å². The van der Waals surface area contributed by atoms with E-state index in [1.165, 1.54) is 11.8 Å². The van der Waals surface area contributed by atoms with Gasteiger partial charge in [-0.25, -0.2) is 18.2 Å². The van der Waals surface area contributed by atoms with E-state index in [0.29, 0.717) is 12.6 Å². The van der Waals surface area contributed by atoms with Crippen LogP contribution in [0.1, 0.15) is 26.2 Å². The van der Waals surface area contributed by atoms with Gasteiger partial charge in [0.05, 0.1) is 10.6 Å². The van der Waals surface area contributed by atoms with Gasteiger partial charge in [-0.1, -0.05) is 18.3 Å². The maximum atomic E-state index is 13.9. The third-order valence-electron chi connectivity index (χ3n) is 4.08. The lowest BCUT2D eigenvalue weighted by Gasteiger charge is -2.20. The van der Waals surface area contributed by atoms with E-state index in [4.69, 9.17) is 5.11 Å². The Morgan fingerprint density at radius 1 is 1.36 bits per heavy atom. The molecule has 1 fully saturated rings. The fraction of sp³-hybridized carbons (Fsp3) is 0.438. The first-order valence-electron chi connectivity index (χ1n) is 7.75. The van der Waals surface area contributed by atoms with Crippen LogP contribution in [0.4, 0.5) is 18.3 Å². The molecular formula is C16H15F3N2O3S. The predicted molar refractivity (Wildman–Crippen MR) is 86.0 cm³/mol. The van der Waals surface area contributed by atoms with Crippen molar-refractivity contribution in [2.24, 2.45) is 11.8 Å². The summed E-state index contributed by atoms with van der Waals surface area (Å²) in [6.45, 7) is 1.71. The number of fused-ring (bicyclic) bond motifs is 1. The summed E-state index contributed by atoms with van der Waals surface area (Å²) < 4.78 is 40.9. The number of nitrogens with zero attached hydrogens (tertiary/aromatic N) is 2. The van der Waals surface area contributed by atoms with E-state index in [9.17, 15) is 22.8 Å². The third-order valence-corrected chi connectivity index (χ3v) is 5.16. The van der Waals surface area contributed by atoms with Gasteiger partial charge in [-0.15, -0.1) is 0 Å². The van der Waals surface area contributed by atoms with E-state index in [-0.39, 0.29) is 22.2 Å². The summed E-state index contributed by atoms with van der Waals surface area (Å²) in [5, 5.41) is 9.02. The number of rotatable bonds is 6. The number of aromatic nitrogens is 1. The first kappa shape index (κ1) is 17.7. The van der Waals surface area contributed by atoms with Crippen LogP contribution in [0.2, 0.25) is 0 Å². The van der Waals surface area contributed by atoms with Gasteiger partial charge in [-0.3, -0.25) is 14.5 Å². The van der Waals surface area contributed by atoms with E-state index in [1.807, 2.05) is 0 Å². The number of aliphatic carboxylic acids is 1. The largest absolute Gasteiger partial charge is 0.481 e. The molecule has 1 aromatic heterocycles. The van der Waals surface area contributed by atoms with Crippen LogP contribution in [-0.2, 0) is 9.59 Å². The molecule has 0 bridgehead atoms. The number of benzene rings is 1. The van der Waals surface area contributed by atoms with Gasteiger partial charge < -0.3 is 5.11 Å². The molecule has 1 amide bonds. The molecule has 1 aromatic carbocycles. The highest BCUT2D eigenvalue weighted by Gasteiger charge is 2.31. The second-order valence-corrected chi connectivity index (χ2v) is 7.20. The SMILES string of the molecule is CC(CC(=O)N(CC1CC1)c1nc2c(F)c(F)cc(F)c2s1)C(=O)O. The average Bonchev–Trinajstić information content (AvgIpc) is 3.26. The Balaban J connectivity index is 1.97. The van der Waals surface area contributed by atoms with Gasteiger partial charge in [0.2, 0.25) is 5.91 Å². The van der Waals surface area contributed by atoms with E-state index in [1.54, 1.807) is 0 Å². The molecule has 25 heavy (non-hydrogen) atoms. The molecule has 5 nitrogen and oxygen atoms in total. The molecule has 1 saturated carbocycles. The van der Waals surface area contributed by atoms with Gasteiger partial charge in [0.15, 0.2) is 16.8 Å². The number of carboxylic acid groups (broad SMARTS) is 1. The van der Waals surface area contributed by atoms with Crippen LogP contribution in [0.15, 0.2) is 6.07 Å². The lowest BCUT2D eigenvalue weighted by molar-refractivity contribution is -0.143. The topological polar surface area (TPSA) is 70.5 Å². The number of hydrogen-bond donors (Lipinski definition) is 1. The Morgan fingerprint density at radius 2 is 2.04 bits per heavy atom. The highest BCUT2D eigenvalue weighted by atomic mass is 32.1. The highest BCUT2D eigenvalue weighted by molar-refractivity contribution is 7.22. The Morgan fingerprint density at radius 3 is 2.64 bits per heavy atom. The molecule has 1 atom stereocenters. The second-order valence-electron chi connectivity index (χ2n) is 6.22. The monoisotopic (exact) mass is 372 g/mol. The standard InChI is InChI=1S/C16H15F3N2O3S/c1-7(15(23)24)4-11(22)21(6-8-2-3-8)16-20-13-12(19)9(17)5-10(18)14(13)25-16/h5,7-8H,2-4,6H2,1H3,(H,23,24). The van der Waals surface area contributed by atoms with Gasteiger partial charge in [0, 0.05) is 19.0 Å². The average molecular weight is 372 g/mol. The number of hydrogen-bond acceptors (Lipinski definition) is 4. The van der Waals surface area contributed by atoms with Gasteiger partial charge in [-0.2, -0.15) is 0 Å². The van der Waals surface area contributed by atoms with Crippen molar-refractivity contribution in [3.8, 4) is 0 Å². The number of anilines is 1. The lowest BCUT2D eigenvalue weighted by atomic mass is 10.1. The Labute approximate surface area is 145 Å². The van der Waals surface area contributed by atoms with Crippen molar-refractivity contribution >= 4 is 38.6 Å². The van der Waals surface area contributed by atoms with Crippen molar-refractivity contribution in [1.29, 1.82) is 0 Å². The van der Waals surface area contributed by atoms with E-state index >= 15 is 0 Å². The van der Waals surface area contributed by atoms with Crippen LogP contribution < -0.4 is 4.90 Å². The summed E-state index contributed by atoms with van der Waals surface area (Å²) in [5.74, 6) is -5.80. The quantitative estimate of drug-likeness (QED) is 0.787. The molecule has 0 saturated heterocycles. The van der Waals surface area contributed by atoms with Crippen molar-refractivity contribution in [2.75, 3.05) is 11.4 Å². The van der Waals surface area contributed by atoms with Crippen LogP contribution in [0.5, 0.6) is 0 Å². The van der Waals surface area contributed by atoms with Gasteiger partial charge in [0.1, 0.15) is 11.3 Å². The van der Waals surface area contributed by atoms with Crippen molar-refractivity contribution < 1.29 is 27.9 Å². The van der Waals surface area contributed by atoms with Crippen molar-refractivity contribution in [2.45, 2.75) is 26.2 Å². The van der Waals surface area contributed by atoms with Gasteiger partial charge in [0.25, 0.3) is 0 Å². The van der Waals surface area contributed by atoms with Crippen LogP contribution in [0.25, 0.3) is 10.2 Å². The molecule has 0 spiro atoms. The first-order valence-corrected chi connectivity index (χ1v) is 8.56. The molecule has 3 rings (SSSR count). The fourth-order valence-electron chi connectivity index (χ4n) is 2.39. The van der Waals surface area contributed by atoms with Crippen molar-refractivity contribution in [1.82, 2.24) is 4.98 Å². The molecule has 0 aliphatic heterocycles. The molecule has 1 aliphatic rings. The molecule has 134 valence electrons. The zero-order valence-electron chi connectivity index (χ0n) is 13.3. The van der Waals surface area contributed by atoms with Gasteiger partial charge in [-0.05, 0) is 18.8 Å². The van der Waals surface area contributed by atoms with Crippen molar-refractivity contribution in [3.63, 3.8) is 0 Å². The highest BCUT2D eigenvalue weighted by Crippen LogP contribution is 2.37. The van der Waals surface area contributed by atoms with Crippen LogP contribution in [0.3, 0.4) is 0 Å². The predicted octanol–water partition coefficient (Wildman–Crippen LogP) is 3.57. The molecule has 2 aromatic rings. The number of thiazole rings is 1. The summed E-state index contributed by atoms with van der Waals surface area (Å²) in [4.78, 5) is 28.6. The number of carbonyl (C=O) groups excluding carboxylic acids is 1. The minimum atomic E-state index is -1.35. The molecule has 9 heteroatoms. The summed E-state index contributed by atoms with van der Waals surface area (Å²) in [6, 6.07) is 0.444.